The van der Waals surface area contributed by atoms with E-state index in [1.807, 2.05) is 6.92 Å². The molecule has 0 atom stereocenters. The molecule has 0 aromatic heterocycles. The summed E-state index contributed by atoms with van der Waals surface area (Å²) in [5, 5.41) is 0. The van der Waals surface area contributed by atoms with Gasteiger partial charge in [0.25, 0.3) is 0 Å². The van der Waals surface area contributed by atoms with Crippen LogP contribution in [0.1, 0.15) is 39.0 Å². The molecule has 152 valence electrons. The van der Waals surface area contributed by atoms with Crippen LogP contribution in [0.5, 0.6) is 5.75 Å². The Hall–Kier alpha value is -2.23. The molecule has 0 spiro atoms. The number of ether oxygens (including phenoxy) is 3. The summed E-state index contributed by atoms with van der Waals surface area (Å²) in [4.78, 5) is 22.7. The van der Waals surface area contributed by atoms with Crippen molar-refractivity contribution in [1.29, 1.82) is 0 Å². The minimum Gasteiger partial charge on any atom is -0.463 e. The molecule has 0 saturated carbocycles. The molecule has 0 aliphatic heterocycles. The van der Waals surface area contributed by atoms with Gasteiger partial charge in [-0.2, -0.15) is 8.78 Å². The first-order valence-corrected chi connectivity index (χ1v) is 8.25. The zero-order valence-corrected chi connectivity index (χ0v) is 14.6. The van der Waals surface area contributed by atoms with Crippen LogP contribution >= 0.6 is 0 Å². The quantitative estimate of drug-likeness (QED) is 0.142. The first kappa shape index (κ1) is 22.8. The maximum atomic E-state index is 13.4. The van der Waals surface area contributed by atoms with E-state index in [2.05, 4.69) is 4.74 Å². The summed E-state index contributed by atoms with van der Waals surface area (Å²) in [6, 6.07) is 0. The molecular weight excluding hydrogens is 379 g/mol. The van der Waals surface area contributed by atoms with Crippen molar-refractivity contribution < 1.29 is 45.8 Å². The number of hydrogen-bond donors (Lipinski definition) is 0. The van der Waals surface area contributed by atoms with Crippen molar-refractivity contribution in [3.8, 4) is 5.75 Å². The average molecular weight is 398 g/mol. The Morgan fingerprint density at radius 2 is 1.33 bits per heavy atom. The van der Waals surface area contributed by atoms with Gasteiger partial charge in [-0.15, -0.1) is 0 Å². The lowest BCUT2D eigenvalue weighted by atomic mass is 10.2. The molecule has 10 heteroatoms. The molecule has 1 rings (SSSR count). The molecule has 0 bridgehead atoms. The minimum atomic E-state index is -2.35. The van der Waals surface area contributed by atoms with E-state index in [9.17, 15) is 31.5 Å². The Balaban J connectivity index is 2.32. The van der Waals surface area contributed by atoms with Crippen molar-refractivity contribution >= 4 is 11.9 Å². The minimum absolute atomic E-state index is 0.0324. The topological polar surface area (TPSA) is 61.8 Å². The average Bonchev–Trinajstić information content (AvgIpc) is 2.65. The summed E-state index contributed by atoms with van der Waals surface area (Å²) < 4.78 is 79.6. The third-order valence-corrected chi connectivity index (χ3v) is 3.31. The van der Waals surface area contributed by atoms with Gasteiger partial charge in [0, 0.05) is 6.42 Å². The Morgan fingerprint density at radius 3 is 1.93 bits per heavy atom. The van der Waals surface area contributed by atoms with Crippen LogP contribution in [-0.4, -0.2) is 31.8 Å². The number of carbonyl (C=O) groups is 2. The van der Waals surface area contributed by atoms with Crippen molar-refractivity contribution in [2.45, 2.75) is 39.0 Å². The molecule has 0 heterocycles. The van der Waals surface area contributed by atoms with E-state index in [1.165, 1.54) is 0 Å². The highest BCUT2D eigenvalue weighted by Crippen LogP contribution is 2.29. The van der Waals surface area contributed by atoms with Gasteiger partial charge in [0.05, 0.1) is 19.6 Å². The number of carbonyl (C=O) groups excluding carboxylic acids is 2. The molecule has 0 unspecified atom stereocenters. The Morgan fingerprint density at radius 1 is 0.741 bits per heavy atom. The second kappa shape index (κ2) is 11.5. The van der Waals surface area contributed by atoms with Gasteiger partial charge in [-0.25, -0.2) is 13.2 Å². The summed E-state index contributed by atoms with van der Waals surface area (Å²) >= 11 is 0. The molecule has 0 aliphatic rings. The summed E-state index contributed by atoms with van der Waals surface area (Å²) in [6.45, 7) is 1.66. The molecule has 5 nitrogen and oxygen atoms in total. The fourth-order valence-corrected chi connectivity index (χ4v) is 1.90. The zero-order chi connectivity index (χ0) is 20.4. The van der Waals surface area contributed by atoms with Gasteiger partial charge >= 0.3 is 11.9 Å². The third-order valence-electron chi connectivity index (χ3n) is 3.31. The monoisotopic (exact) mass is 398 g/mol. The van der Waals surface area contributed by atoms with E-state index >= 15 is 0 Å². The van der Waals surface area contributed by atoms with Crippen molar-refractivity contribution in [3.05, 3.63) is 29.1 Å². The van der Waals surface area contributed by atoms with Crippen molar-refractivity contribution in [2.24, 2.45) is 0 Å². The van der Waals surface area contributed by atoms with E-state index in [0.717, 1.165) is 19.3 Å². The predicted molar refractivity (Wildman–Crippen MR) is 82.4 cm³/mol. The van der Waals surface area contributed by atoms with Crippen LogP contribution in [0.2, 0.25) is 0 Å². The fraction of sp³-hybridized carbons (Fsp3) is 0.529. The van der Waals surface area contributed by atoms with Gasteiger partial charge in [-0.3, -0.25) is 9.59 Å². The predicted octanol–water partition coefficient (Wildman–Crippen LogP) is 3.82. The molecule has 0 aliphatic carbocycles. The summed E-state index contributed by atoms with van der Waals surface area (Å²) in [5.41, 5.74) is 0. The van der Waals surface area contributed by atoms with Gasteiger partial charge < -0.3 is 14.2 Å². The van der Waals surface area contributed by atoms with Crippen LogP contribution in [0.25, 0.3) is 0 Å². The SMILES string of the molecule is CCCCCC(=O)OCCOCCC(=O)Oc1c(F)c(F)c(F)c(F)c1F. The first-order valence-electron chi connectivity index (χ1n) is 8.25. The van der Waals surface area contributed by atoms with Crippen LogP contribution in [0.3, 0.4) is 0 Å². The molecule has 0 radical (unpaired) electrons. The molecular formula is C17H19F5O5. The lowest BCUT2D eigenvalue weighted by Gasteiger charge is -2.09. The van der Waals surface area contributed by atoms with E-state index in [-0.39, 0.29) is 25.8 Å². The van der Waals surface area contributed by atoms with Gasteiger partial charge in [0.1, 0.15) is 6.61 Å². The van der Waals surface area contributed by atoms with Gasteiger partial charge in [0.15, 0.2) is 0 Å². The molecule has 0 saturated heterocycles. The molecule has 0 amide bonds. The van der Waals surface area contributed by atoms with Crippen molar-refractivity contribution in [1.82, 2.24) is 0 Å². The highest BCUT2D eigenvalue weighted by molar-refractivity contribution is 5.72. The third kappa shape index (κ3) is 7.12. The highest BCUT2D eigenvalue weighted by Gasteiger charge is 2.28. The van der Waals surface area contributed by atoms with Crippen molar-refractivity contribution in [3.63, 3.8) is 0 Å². The first-order chi connectivity index (χ1) is 12.8. The van der Waals surface area contributed by atoms with E-state index in [1.54, 1.807) is 0 Å². The maximum absolute atomic E-state index is 13.4. The zero-order valence-electron chi connectivity index (χ0n) is 14.6. The lowest BCUT2D eigenvalue weighted by Crippen LogP contribution is -2.16. The summed E-state index contributed by atoms with van der Waals surface area (Å²) in [5.74, 6) is -14.6. The van der Waals surface area contributed by atoms with Gasteiger partial charge in [0.2, 0.25) is 34.8 Å². The molecule has 0 N–H and O–H groups in total. The molecule has 1 aromatic carbocycles. The van der Waals surface area contributed by atoms with Crippen LogP contribution in [0.15, 0.2) is 0 Å². The highest BCUT2D eigenvalue weighted by atomic mass is 19.2. The molecule has 0 fully saturated rings. The number of rotatable bonds is 11. The Labute approximate surface area is 152 Å². The number of halogens is 5. The van der Waals surface area contributed by atoms with Gasteiger partial charge in [-0.1, -0.05) is 19.8 Å². The number of esters is 2. The standard InChI is InChI=1S/C17H19F5O5/c1-2-3-4-5-10(23)26-9-8-25-7-6-11(24)27-17-15(21)13(19)12(18)14(20)16(17)22/h2-9H2,1H3. The molecule has 1 aromatic rings. The van der Waals surface area contributed by atoms with E-state index < -0.39 is 47.2 Å². The van der Waals surface area contributed by atoms with Crippen LogP contribution in [-0.2, 0) is 19.1 Å². The summed E-state index contributed by atoms with van der Waals surface area (Å²) in [6.07, 6.45) is 2.39. The second-order valence-electron chi connectivity index (χ2n) is 5.41. The normalized spacial score (nSPS) is 10.7. The van der Waals surface area contributed by atoms with Crippen LogP contribution in [0.4, 0.5) is 22.0 Å². The Kier molecular flexibility index (Phi) is 9.70. The Bertz CT molecular complexity index is 637. The number of unbranched alkanes of at least 4 members (excludes halogenated alkanes) is 2. The molecule has 27 heavy (non-hydrogen) atoms. The van der Waals surface area contributed by atoms with Gasteiger partial charge in [-0.05, 0) is 6.42 Å². The fourth-order valence-electron chi connectivity index (χ4n) is 1.90. The van der Waals surface area contributed by atoms with Crippen LogP contribution < -0.4 is 4.74 Å². The van der Waals surface area contributed by atoms with E-state index in [0.29, 0.717) is 6.42 Å². The number of benzene rings is 1. The maximum Gasteiger partial charge on any atom is 0.313 e. The van der Waals surface area contributed by atoms with Crippen LogP contribution in [0, 0.1) is 29.1 Å². The van der Waals surface area contributed by atoms with E-state index in [4.69, 9.17) is 9.47 Å². The number of hydrogen-bond acceptors (Lipinski definition) is 5. The lowest BCUT2D eigenvalue weighted by molar-refractivity contribution is -0.146. The van der Waals surface area contributed by atoms with Crippen molar-refractivity contribution in [2.75, 3.05) is 19.8 Å². The second-order valence-corrected chi connectivity index (χ2v) is 5.41. The largest absolute Gasteiger partial charge is 0.463 e. The summed E-state index contributed by atoms with van der Waals surface area (Å²) in [7, 11) is 0. The smallest absolute Gasteiger partial charge is 0.313 e.